The highest BCUT2D eigenvalue weighted by molar-refractivity contribution is 5.95. The number of rotatable bonds is 2. The van der Waals surface area contributed by atoms with Gasteiger partial charge >= 0.3 is 0 Å². The molecule has 28 heavy (non-hydrogen) atoms. The summed E-state index contributed by atoms with van der Waals surface area (Å²) >= 11 is 0. The minimum absolute atomic E-state index is 0.00428. The topological polar surface area (TPSA) is 57.0 Å². The molecule has 0 aliphatic carbocycles. The molecule has 1 saturated heterocycles. The summed E-state index contributed by atoms with van der Waals surface area (Å²) in [7, 11) is 0. The Morgan fingerprint density at radius 1 is 1.14 bits per heavy atom. The predicted octanol–water partition coefficient (Wildman–Crippen LogP) is 4.89. The van der Waals surface area contributed by atoms with Gasteiger partial charge in [0, 0.05) is 29.6 Å². The van der Waals surface area contributed by atoms with Crippen LogP contribution in [0.2, 0.25) is 0 Å². The highest BCUT2D eigenvalue weighted by Crippen LogP contribution is 2.26. The van der Waals surface area contributed by atoms with E-state index in [4.69, 9.17) is 10.2 Å². The number of likely N-dealkylation sites (tertiary alicyclic amines) is 1. The fourth-order valence-electron chi connectivity index (χ4n) is 3.89. The van der Waals surface area contributed by atoms with Crippen molar-refractivity contribution in [3.63, 3.8) is 0 Å². The molecule has 0 saturated carbocycles. The summed E-state index contributed by atoms with van der Waals surface area (Å²) in [5.74, 6) is -0.0463. The fraction of sp³-hybridized carbons (Fsp3) is 0.292. The molecule has 4 nitrogen and oxygen atoms in total. The van der Waals surface area contributed by atoms with Crippen molar-refractivity contribution in [2.24, 2.45) is 5.92 Å². The van der Waals surface area contributed by atoms with Gasteiger partial charge in [0.05, 0.1) is 23.2 Å². The number of fused-ring (bicyclic) bond motifs is 1. The molecule has 0 bridgehead atoms. The molecular formula is C24H23N3O. The molecule has 4 heteroatoms. The highest BCUT2D eigenvalue weighted by atomic mass is 16.2. The Morgan fingerprint density at radius 3 is 2.68 bits per heavy atom. The van der Waals surface area contributed by atoms with Crippen LogP contribution in [-0.2, 0) is 0 Å². The van der Waals surface area contributed by atoms with E-state index < -0.39 is 0 Å². The lowest BCUT2D eigenvalue weighted by atomic mass is 9.98. The summed E-state index contributed by atoms with van der Waals surface area (Å²) in [4.78, 5) is 19.4. The van der Waals surface area contributed by atoms with Crippen molar-refractivity contribution in [1.29, 1.82) is 5.26 Å². The van der Waals surface area contributed by atoms with Crippen molar-refractivity contribution < 1.29 is 4.79 Å². The summed E-state index contributed by atoms with van der Waals surface area (Å²) in [6.45, 7) is 5.45. The molecule has 1 aliphatic rings. The zero-order valence-corrected chi connectivity index (χ0v) is 16.3. The first-order valence-corrected chi connectivity index (χ1v) is 9.72. The summed E-state index contributed by atoms with van der Waals surface area (Å²) in [5, 5.41) is 10.3. The van der Waals surface area contributed by atoms with E-state index in [0.717, 1.165) is 36.2 Å². The first-order chi connectivity index (χ1) is 13.5. The summed E-state index contributed by atoms with van der Waals surface area (Å²) in [6.07, 6.45) is 1.77. The number of benzene rings is 2. The number of nitrogens with zero attached hydrogens (tertiary/aromatic N) is 3. The van der Waals surface area contributed by atoms with Gasteiger partial charge in [-0.1, -0.05) is 23.8 Å². The summed E-state index contributed by atoms with van der Waals surface area (Å²) in [6, 6.07) is 18.3. The third-order valence-electron chi connectivity index (χ3n) is 5.49. The van der Waals surface area contributed by atoms with Crippen LogP contribution in [0.3, 0.4) is 0 Å². The number of carbonyl (C=O) groups excluding carboxylic acids is 1. The van der Waals surface area contributed by atoms with Gasteiger partial charge in [-0.2, -0.15) is 5.26 Å². The van der Waals surface area contributed by atoms with Crippen molar-refractivity contribution in [1.82, 2.24) is 9.88 Å². The molecule has 1 fully saturated rings. The van der Waals surface area contributed by atoms with Crippen LogP contribution in [0, 0.1) is 31.1 Å². The average Bonchev–Trinajstić information content (AvgIpc) is 2.73. The number of pyridine rings is 1. The first kappa shape index (κ1) is 18.2. The Hall–Kier alpha value is -3.19. The van der Waals surface area contributed by atoms with Crippen molar-refractivity contribution in [2.75, 3.05) is 13.1 Å². The van der Waals surface area contributed by atoms with Crippen molar-refractivity contribution >= 4 is 16.8 Å². The molecule has 1 atom stereocenters. The monoisotopic (exact) mass is 369 g/mol. The van der Waals surface area contributed by atoms with Crippen LogP contribution in [0.4, 0.5) is 0 Å². The molecule has 0 spiro atoms. The van der Waals surface area contributed by atoms with E-state index >= 15 is 0 Å². The molecule has 1 amide bonds. The van der Waals surface area contributed by atoms with E-state index in [2.05, 4.69) is 44.2 Å². The molecule has 2 heterocycles. The maximum Gasteiger partial charge on any atom is 0.253 e. The number of carbonyl (C=O) groups is 1. The van der Waals surface area contributed by atoms with Gasteiger partial charge in [-0.25, -0.2) is 4.98 Å². The second-order valence-corrected chi connectivity index (χ2v) is 7.64. The molecule has 4 rings (SSSR count). The molecule has 0 radical (unpaired) electrons. The van der Waals surface area contributed by atoms with Crippen molar-refractivity contribution in [3.8, 4) is 17.3 Å². The average molecular weight is 369 g/mol. The number of hydrogen-bond acceptors (Lipinski definition) is 3. The van der Waals surface area contributed by atoms with E-state index in [-0.39, 0.29) is 11.8 Å². The first-order valence-electron chi connectivity index (χ1n) is 9.72. The number of aryl methyl sites for hydroxylation is 2. The molecule has 2 aromatic carbocycles. The zero-order valence-electron chi connectivity index (χ0n) is 16.3. The minimum Gasteiger partial charge on any atom is -0.337 e. The van der Waals surface area contributed by atoms with Crippen LogP contribution >= 0.6 is 0 Å². The molecule has 3 aromatic rings. The lowest BCUT2D eigenvalue weighted by molar-refractivity contribution is 0.0699. The Morgan fingerprint density at radius 2 is 1.93 bits per heavy atom. The van der Waals surface area contributed by atoms with Crippen LogP contribution in [0.1, 0.15) is 34.3 Å². The van der Waals surface area contributed by atoms with Gasteiger partial charge < -0.3 is 4.90 Å². The maximum atomic E-state index is 12.8. The maximum absolute atomic E-state index is 12.8. The van der Waals surface area contributed by atoms with Gasteiger partial charge in [0.2, 0.25) is 0 Å². The highest BCUT2D eigenvalue weighted by Gasteiger charge is 2.24. The Kier molecular flexibility index (Phi) is 4.83. The SMILES string of the molecule is Cc1ccc2nc(-c3ccc(C(=O)N4CCCC(C#N)C4)cc3)cc(C)c2c1. The third kappa shape index (κ3) is 3.48. The van der Waals surface area contributed by atoms with Crippen molar-refractivity contribution in [2.45, 2.75) is 26.7 Å². The lowest BCUT2D eigenvalue weighted by Crippen LogP contribution is -2.39. The summed E-state index contributed by atoms with van der Waals surface area (Å²) in [5.41, 5.74) is 5.97. The third-order valence-corrected chi connectivity index (χ3v) is 5.49. The van der Waals surface area contributed by atoms with Crippen LogP contribution < -0.4 is 0 Å². The zero-order chi connectivity index (χ0) is 19.7. The Bertz CT molecular complexity index is 1080. The fourth-order valence-corrected chi connectivity index (χ4v) is 3.89. The minimum atomic E-state index is -0.0506. The molecule has 1 unspecified atom stereocenters. The van der Waals surface area contributed by atoms with Crippen LogP contribution in [0.5, 0.6) is 0 Å². The second-order valence-electron chi connectivity index (χ2n) is 7.64. The molecular weight excluding hydrogens is 346 g/mol. The van der Waals surface area contributed by atoms with E-state index in [9.17, 15) is 4.79 Å². The van der Waals surface area contributed by atoms with E-state index in [1.54, 1.807) is 4.90 Å². The molecule has 1 aromatic heterocycles. The normalized spacial score (nSPS) is 16.8. The largest absolute Gasteiger partial charge is 0.337 e. The van der Waals surface area contributed by atoms with Crippen LogP contribution in [-0.4, -0.2) is 28.9 Å². The van der Waals surface area contributed by atoms with E-state index in [1.807, 2.05) is 24.3 Å². The predicted molar refractivity (Wildman–Crippen MR) is 111 cm³/mol. The Balaban J connectivity index is 1.60. The molecule has 1 aliphatic heterocycles. The number of nitriles is 1. The van der Waals surface area contributed by atoms with Gasteiger partial charge in [0.1, 0.15) is 0 Å². The number of hydrogen-bond donors (Lipinski definition) is 0. The Labute approximate surface area is 165 Å². The van der Waals surface area contributed by atoms with E-state index in [1.165, 1.54) is 16.5 Å². The smallest absolute Gasteiger partial charge is 0.253 e. The van der Waals surface area contributed by atoms with Gasteiger partial charge in [-0.15, -0.1) is 0 Å². The lowest BCUT2D eigenvalue weighted by Gasteiger charge is -2.29. The van der Waals surface area contributed by atoms with Gasteiger partial charge in [0.15, 0.2) is 0 Å². The van der Waals surface area contributed by atoms with Crippen molar-refractivity contribution in [3.05, 3.63) is 65.2 Å². The number of amides is 1. The molecule has 140 valence electrons. The van der Waals surface area contributed by atoms with E-state index in [0.29, 0.717) is 12.1 Å². The van der Waals surface area contributed by atoms with Gasteiger partial charge in [-0.3, -0.25) is 4.79 Å². The standard InChI is InChI=1S/C24H23N3O/c1-16-5-10-22-21(12-16)17(2)13-23(26-22)19-6-8-20(9-7-19)24(28)27-11-3-4-18(14-25)15-27/h5-10,12-13,18H,3-4,11,15H2,1-2H3. The second kappa shape index (κ2) is 7.44. The van der Waals surface area contributed by atoms with Gasteiger partial charge in [0.25, 0.3) is 5.91 Å². The molecule has 0 N–H and O–H groups in total. The number of aromatic nitrogens is 1. The summed E-state index contributed by atoms with van der Waals surface area (Å²) < 4.78 is 0. The van der Waals surface area contributed by atoms with Crippen LogP contribution in [0.15, 0.2) is 48.5 Å². The van der Waals surface area contributed by atoms with Crippen LogP contribution in [0.25, 0.3) is 22.2 Å². The number of piperidine rings is 1. The van der Waals surface area contributed by atoms with Gasteiger partial charge in [-0.05, 0) is 62.6 Å². The quantitative estimate of drug-likeness (QED) is 0.646.